The van der Waals surface area contributed by atoms with Gasteiger partial charge in [0.05, 0.1) is 20.1 Å². The zero-order valence-corrected chi connectivity index (χ0v) is 15.3. The van der Waals surface area contributed by atoms with Gasteiger partial charge in [0.25, 0.3) is 0 Å². The van der Waals surface area contributed by atoms with Crippen LogP contribution in [0.5, 0.6) is 11.5 Å². The van der Waals surface area contributed by atoms with Crippen LogP contribution in [-0.4, -0.2) is 35.7 Å². The number of nitrogens with one attached hydrogen (secondary N) is 1. The van der Waals surface area contributed by atoms with E-state index in [1.54, 1.807) is 20.3 Å². The molecule has 1 amide bonds. The number of aryl methyl sites for hydroxylation is 1. The van der Waals surface area contributed by atoms with Gasteiger partial charge in [-0.3, -0.25) is 15.1 Å². The Balaban J connectivity index is 1.87. The first-order chi connectivity index (χ1) is 13.1. The second-order valence-electron chi connectivity index (χ2n) is 6.03. The van der Waals surface area contributed by atoms with Crippen LogP contribution in [0.15, 0.2) is 42.5 Å². The topological polar surface area (TPSA) is 100 Å². The van der Waals surface area contributed by atoms with Gasteiger partial charge in [-0.15, -0.1) is 0 Å². The zero-order chi connectivity index (χ0) is 19.2. The highest BCUT2D eigenvalue weighted by Gasteiger charge is 2.23. The van der Waals surface area contributed by atoms with Crippen molar-refractivity contribution in [3.63, 3.8) is 0 Å². The van der Waals surface area contributed by atoms with Gasteiger partial charge >= 0.3 is 0 Å². The van der Waals surface area contributed by atoms with E-state index in [4.69, 9.17) is 9.47 Å². The van der Waals surface area contributed by atoms with Crippen LogP contribution >= 0.6 is 0 Å². The minimum absolute atomic E-state index is 0.242. The van der Waals surface area contributed by atoms with Gasteiger partial charge in [-0.25, -0.2) is 0 Å². The molecule has 3 rings (SSSR count). The van der Waals surface area contributed by atoms with E-state index in [1.165, 1.54) is 0 Å². The summed E-state index contributed by atoms with van der Waals surface area (Å²) in [7, 11) is 3.16. The van der Waals surface area contributed by atoms with Crippen molar-refractivity contribution in [3.05, 3.63) is 59.4 Å². The molecule has 0 fully saturated rings. The molecular formula is C19H20N5O3-. The van der Waals surface area contributed by atoms with Crippen LogP contribution in [-0.2, 0) is 11.2 Å². The van der Waals surface area contributed by atoms with E-state index in [2.05, 4.69) is 25.9 Å². The maximum atomic E-state index is 12.9. The van der Waals surface area contributed by atoms with Crippen LogP contribution in [0.3, 0.4) is 0 Å². The molecule has 0 unspecified atom stereocenters. The maximum Gasteiger partial charge on any atom is 0.232 e. The number of benzene rings is 2. The van der Waals surface area contributed by atoms with Crippen molar-refractivity contribution in [2.24, 2.45) is 0 Å². The summed E-state index contributed by atoms with van der Waals surface area (Å²) in [6.45, 7) is 1.96. The highest BCUT2D eigenvalue weighted by atomic mass is 16.5. The van der Waals surface area contributed by atoms with Gasteiger partial charge in [-0.1, -0.05) is 18.2 Å². The molecule has 1 heterocycles. The molecule has 0 spiro atoms. The van der Waals surface area contributed by atoms with E-state index in [9.17, 15) is 4.79 Å². The fourth-order valence-electron chi connectivity index (χ4n) is 2.78. The van der Waals surface area contributed by atoms with Crippen molar-refractivity contribution in [1.82, 2.24) is 20.6 Å². The van der Waals surface area contributed by atoms with Crippen LogP contribution in [0, 0.1) is 6.92 Å². The van der Waals surface area contributed by atoms with Crippen LogP contribution in [0.1, 0.15) is 22.9 Å². The van der Waals surface area contributed by atoms with Crippen molar-refractivity contribution in [1.29, 1.82) is 0 Å². The van der Waals surface area contributed by atoms with Crippen molar-refractivity contribution >= 4 is 11.6 Å². The minimum Gasteiger partial charge on any atom is -0.497 e. The molecule has 1 N–H and O–H groups in total. The Morgan fingerprint density at radius 3 is 2.70 bits per heavy atom. The molecule has 0 aliphatic carbocycles. The summed E-state index contributed by atoms with van der Waals surface area (Å²) in [6.07, 6.45) is 0.332. The van der Waals surface area contributed by atoms with E-state index in [-0.39, 0.29) is 11.7 Å². The van der Waals surface area contributed by atoms with Crippen molar-refractivity contribution in [3.8, 4) is 11.5 Å². The molecule has 3 aromatic rings. The van der Waals surface area contributed by atoms with Crippen LogP contribution in [0.2, 0.25) is 0 Å². The Morgan fingerprint density at radius 2 is 2.04 bits per heavy atom. The molecule has 0 saturated carbocycles. The summed E-state index contributed by atoms with van der Waals surface area (Å²) >= 11 is 0. The van der Waals surface area contributed by atoms with Crippen LogP contribution in [0.25, 0.3) is 0 Å². The number of carbonyl (C=O) groups is 1. The minimum atomic E-state index is -0.664. The normalized spacial score (nSPS) is 11.7. The number of rotatable bonds is 7. The number of aromatic nitrogens is 4. The van der Waals surface area contributed by atoms with Gasteiger partial charge in [0.1, 0.15) is 11.5 Å². The number of hydrogen-bond donors (Lipinski definition) is 1. The van der Waals surface area contributed by atoms with Gasteiger partial charge in [0.2, 0.25) is 5.91 Å². The second kappa shape index (κ2) is 8.31. The Labute approximate surface area is 156 Å². The Hall–Kier alpha value is -3.42. The summed E-state index contributed by atoms with van der Waals surface area (Å²) in [5.74, 6) is 0.647. The summed E-state index contributed by atoms with van der Waals surface area (Å²) in [4.78, 5) is 12.9. The molecule has 8 nitrogen and oxygen atoms in total. The first-order valence-corrected chi connectivity index (χ1v) is 8.37. The number of anilines is 1. The molecule has 0 saturated heterocycles. The fourth-order valence-corrected chi connectivity index (χ4v) is 2.78. The van der Waals surface area contributed by atoms with Crippen LogP contribution in [0.4, 0.5) is 5.69 Å². The summed E-state index contributed by atoms with van der Waals surface area (Å²) in [6, 6.07) is 13.0. The smallest absolute Gasteiger partial charge is 0.232 e. The molecule has 140 valence electrons. The Kier molecular flexibility index (Phi) is 5.65. The number of tetrazole rings is 1. The van der Waals surface area contributed by atoms with Crippen molar-refractivity contribution in [2.75, 3.05) is 19.5 Å². The lowest BCUT2D eigenvalue weighted by molar-refractivity contribution is -0.117. The third-order valence-electron chi connectivity index (χ3n) is 4.17. The molecule has 0 aliphatic heterocycles. The molecule has 2 aromatic carbocycles. The zero-order valence-electron chi connectivity index (χ0n) is 15.3. The number of methoxy groups -OCH3 is 2. The SMILES string of the molecule is COc1ccc(C[C@H](C(=O)Nc2cccc(C)c2)c2nnn[n-]2)c(OC)c1. The quantitative estimate of drug-likeness (QED) is 0.683. The molecule has 0 bridgehead atoms. The monoisotopic (exact) mass is 366 g/mol. The molecule has 8 heteroatoms. The van der Waals surface area contributed by atoms with Crippen LogP contribution < -0.4 is 19.9 Å². The Morgan fingerprint density at radius 1 is 1.19 bits per heavy atom. The third kappa shape index (κ3) is 4.41. The molecule has 27 heavy (non-hydrogen) atoms. The summed E-state index contributed by atoms with van der Waals surface area (Å²) in [5, 5.41) is 17.7. The van der Waals surface area contributed by atoms with E-state index in [1.807, 2.05) is 43.3 Å². The van der Waals surface area contributed by atoms with E-state index >= 15 is 0 Å². The van der Waals surface area contributed by atoms with Gasteiger partial charge < -0.3 is 19.9 Å². The lowest BCUT2D eigenvalue weighted by atomic mass is 9.96. The summed E-state index contributed by atoms with van der Waals surface area (Å²) in [5.41, 5.74) is 2.58. The highest BCUT2D eigenvalue weighted by Crippen LogP contribution is 2.29. The summed E-state index contributed by atoms with van der Waals surface area (Å²) < 4.78 is 10.7. The largest absolute Gasteiger partial charge is 0.497 e. The van der Waals surface area contributed by atoms with E-state index in [0.29, 0.717) is 23.6 Å². The first kappa shape index (κ1) is 18.4. The predicted octanol–water partition coefficient (Wildman–Crippen LogP) is 2.12. The number of nitrogens with zero attached hydrogens (tertiary/aromatic N) is 4. The van der Waals surface area contributed by atoms with Gasteiger partial charge in [-0.05, 0) is 42.7 Å². The average Bonchev–Trinajstić information content (AvgIpc) is 3.20. The van der Waals surface area contributed by atoms with E-state index < -0.39 is 5.92 Å². The molecule has 1 aromatic heterocycles. The lowest BCUT2D eigenvalue weighted by Gasteiger charge is -2.19. The number of carbonyl (C=O) groups excluding carboxylic acids is 1. The molecule has 0 radical (unpaired) electrons. The average molecular weight is 366 g/mol. The van der Waals surface area contributed by atoms with Gasteiger partial charge in [0.15, 0.2) is 0 Å². The van der Waals surface area contributed by atoms with Crippen molar-refractivity contribution < 1.29 is 14.3 Å². The standard InChI is InChI=1S/C19H21N5O3/c1-12-5-4-6-14(9-12)20-19(25)16(18-21-23-24-22-18)10-13-7-8-15(26-2)11-17(13)27-3/h4-9,11,16H,10H2,1-3H3,(H2,20,21,22,23,24,25)/p-1/t16-/m0/s1. The number of hydrogen-bond acceptors (Lipinski definition) is 6. The lowest BCUT2D eigenvalue weighted by Crippen LogP contribution is -2.24. The Bertz CT molecular complexity index is 911. The molecule has 1 atom stereocenters. The number of amides is 1. The fraction of sp³-hybridized carbons (Fsp3) is 0.263. The van der Waals surface area contributed by atoms with Gasteiger partial charge in [-0.2, -0.15) is 5.21 Å². The molecular weight excluding hydrogens is 346 g/mol. The second-order valence-corrected chi connectivity index (χ2v) is 6.03. The molecule has 0 aliphatic rings. The highest BCUT2D eigenvalue weighted by molar-refractivity contribution is 5.95. The van der Waals surface area contributed by atoms with Gasteiger partial charge in [0, 0.05) is 17.6 Å². The predicted molar refractivity (Wildman–Crippen MR) is 98.9 cm³/mol. The first-order valence-electron chi connectivity index (χ1n) is 8.37. The maximum absolute atomic E-state index is 12.9. The third-order valence-corrected chi connectivity index (χ3v) is 4.17. The van der Waals surface area contributed by atoms with E-state index in [0.717, 1.165) is 11.1 Å². The van der Waals surface area contributed by atoms with Crippen molar-refractivity contribution in [2.45, 2.75) is 19.3 Å². The number of ether oxygens (including phenoxy) is 2.